The van der Waals surface area contributed by atoms with Gasteiger partial charge in [-0.15, -0.1) is 0 Å². The maximum atomic E-state index is 13.4. The van der Waals surface area contributed by atoms with Crippen molar-refractivity contribution >= 4 is 0 Å². The number of aromatic nitrogens is 4. The summed E-state index contributed by atoms with van der Waals surface area (Å²) < 4.78 is 16.4. The van der Waals surface area contributed by atoms with Crippen LogP contribution in [-0.4, -0.2) is 19.6 Å². The summed E-state index contributed by atoms with van der Waals surface area (Å²) in [5, 5.41) is 7.88. The predicted octanol–water partition coefficient (Wildman–Crippen LogP) is 1.05. The van der Waals surface area contributed by atoms with Gasteiger partial charge in [0, 0.05) is 19.4 Å². The van der Waals surface area contributed by atoms with Crippen LogP contribution in [0.5, 0.6) is 0 Å². The summed E-state index contributed by atoms with van der Waals surface area (Å²) in [6, 6.07) is 1.74. The minimum absolute atomic E-state index is 0.328. The van der Waals surface area contributed by atoms with Gasteiger partial charge in [0.25, 0.3) is 0 Å². The smallest absolute Gasteiger partial charge is 0.190 e. The Morgan fingerprint density at radius 1 is 1.46 bits per heavy atom. The zero-order chi connectivity index (χ0) is 9.42. The van der Waals surface area contributed by atoms with E-state index in [0.29, 0.717) is 11.5 Å². The molecule has 0 spiro atoms. The van der Waals surface area contributed by atoms with Crippen LogP contribution >= 0.6 is 0 Å². The van der Waals surface area contributed by atoms with E-state index in [2.05, 4.69) is 10.2 Å². The number of nitrogens with zero attached hydrogens (tertiary/aromatic N) is 4. The van der Waals surface area contributed by atoms with E-state index in [1.807, 2.05) is 0 Å². The van der Waals surface area contributed by atoms with Crippen LogP contribution in [0.2, 0.25) is 0 Å². The second-order valence-electron chi connectivity index (χ2n) is 2.80. The maximum absolute atomic E-state index is 13.4. The third-order valence-electron chi connectivity index (χ3n) is 1.84. The van der Waals surface area contributed by atoms with Gasteiger partial charge in [0.05, 0.1) is 5.69 Å². The van der Waals surface area contributed by atoms with Gasteiger partial charge in [-0.25, -0.2) is 13.8 Å². The Hall–Kier alpha value is -1.65. The monoisotopic (exact) mass is 180 g/mol. The van der Waals surface area contributed by atoms with Crippen LogP contribution in [0.3, 0.4) is 0 Å². The van der Waals surface area contributed by atoms with Crippen molar-refractivity contribution in [2.24, 2.45) is 7.05 Å². The van der Waals surface area contributed by atoms with Crippen molar-refractivity contribution < 1.29 is 4.39 Å². The molecule has 0 atom stereocenters. The highest BCUT2D eigenvalue weighted by Crippen LogP contribution is 2.13. The van der Waals surface area contributed by atoms with Gasteiger partial charge in [0.15, 0.2) is 11.6 Å². The molecule has 0 aromatic carbocycles. The molecule has 0 N–H and O–H groups in total. The quantitative estimate of drug-likeness (QED) is 0.657. The molecule has 68 valence electrons. The number of hydrogen-bond donors (Lipinski definition) is 0. The molecular weight excluding hydrogens is 171 g/mol. The Morgan fingerprint density at radius 2 is 2.23 bits per heavy atom. The van der Waals surface area contributed by atoms with Gasteiger partial charge in [0.1, 0.15) is 0 Å². The molecule has 0 radical (unpaired) electrons. The Balaban J connectivity index is 2.64. The van der Waals surface area contributed by atoms with E-state index < -0.39 is 0 Å². The van der Waals surface area contributed by atoms with Crippen molar-refractivity contribution in [3.63, 3.8) is 0 Å². The number of rotatable bonds is 1. The molecule has 0 saturated carbocycles. The molecule has 0 aliphatic carbocycles. The first-order chi connectivity index (χ1) is 6.20. The molecule has 0 saturated heterocycles. The Bertz CT molecular complexity index is 416. The van der Waals surface area contributed by atoms with Gasteiger partial charge < -0.3 is 0 Å². The van der Waals surface area contributed by atoms with Gasteiger partial charge in [-0.05, 0) is 13.0 Å². The van der Waals surface area contributed by atoms with E-state index >= 15 is 0 Å². The normalized spacial score (nSPS) is 10.7. The molecule has 0 bridgehead atoms. The molecule has 5 heteroatoms. The van der Waals surface area contributed by atoms with Gasteiger partial charge in [-0.3, -0.25) is 0 Å². The zero-order valence-corrected chi connectivity index (χ0v) is 7.40. The van der Waals surface area contributed by atoms with Crippen molar-refractivity contribution in [3.05, 3.63) is 30.0 Å². The number of aryl methyl sites for hydroxylation is 2. The second-order valence-corrected chi connectivity index (χ2v) is 2.80. The predicted molar refractivity (Wildman–Crippen MR) is 45.0 cm³/mol. The van der Waals surface area contributed by atoms with Crippen LogP contribution < -0.4 is 0 Å². The molecule has 4 nitrogen and oxygen atoms in total. The molecule has 0 fully saturated rings. The van der Waals surface area contributed by atoms with Gasteiger partial charge in [0.2, 0.25) is 0 Å². The first-order valence-electron chi connectivity index (χ1n) is 3.89. The lowest BCUT2D eigenvalue weighted by Gasteiger charge is -1.99. The molecular formula is C8H9FN4. The van der Waals surface area contributed by atoms with Gasteiger partial charge in [-0.1, -0.05) is 0 Å². The van der Waals surface area contributed by atoms with Crippen molar-refractivity contribution in [1.82, 2.24) is 19.6 Å². The third-order valence-corrected chi connectivity index (χ3v) is 1.84. The Labute approximate surface area is 74.6 Å². The van der Waals surface area contributed by atoms with Crippen molar-refractivity contribution in [1.29, 1.82) is 0 Å². The fourth-order valence-electron chi connectivity index (χ4n) is 1.26. The standard InChI is InChI=1S/C8H9FN4/c1-6-7(9)8(12(2)11-6)13-5-3-4-10-13/h3-5H,1-2H3. The molecule has 0 unspecified atom stereocenters. The fraction of sp³-hybridized carbons (Fsp3) is 0.250. The van der Waals surface area contributed by atoms with E-state index in [1.165, 1.54) is 9.36 Å². The summed E-state index contributed by atoms with van der Waals surface area (Å²) in [6.45, 7) is 1.63. The highest BCUT2D eigenvalue weighted by atomic mass is 19.1. The van der Waals surface area contributed by atoms with Crippen molar-refractivity contribution in [3.8, 4) is 5.82 Å². The fourth-order valence-corrected chi connectivity index (χ4v) is 1.26. The lowest BCUT2D eigenvalue weighted by molar-refractivity contribution is 0.594. The highest BCUT2D eigenvalue weighted by Gasteiger charge is 2.14. The van der Waals surface area contributed by atoms with Crippen LogP contribution in [0.25, 0.3) is 5.82 Å². The van der Waals surface area contributed by atoms with E-state index in [9.17, 15) is 4.39 Å². The SMILES string of the molecule is Cc1nn(C)c(-n2cccn2)c1F. The lowest BCUT2D eigenvalue weighted by atomic mass is 10.4. The summed E-state index contributed by atoms with van der Waals surface area (Å²) in [4.78, 5) is 0. The van der Waals surface area contributed by atoms with Crippen molar-refractivity contribution in [2.75, 3.05) is 0 Å². The average Bonchev–Trinajstić information content (AvgIpc) is 2.63. The Morgan fingerprint density at radius 3 is 2.69 bits per heavy atom. The minimum atomic E-state index is -0.328. The van der Waals surface area contributed by atoms with E-state index in [4.69, 9.17) is 0 Å². The molecule has 13 heavy (non-hydrogen) atoms. The van der Waals surface area contributed by atoms with Crippen LogP contribution in [0.15, 0.2) is 18.5 Å². The summed E-state index contributed by atoms with van der Waals surface area (Å²) in [6.07, 6.45) is 3.28. The largest absolute Gasteiger partial charge is 0.248 e. The van der Waals surface area contributed by atoms with Crippen molar-refractivity contribution in [2.45, 2.75) is 6.92 Å². The average molecular weight is 180 g/mol. The second kappa shape index (κ2) is 2.69. The number of halogens is 1. The summed E-state index contributed by atoms with van der Waals surface area (Å²) in [7, 11) is 1.69. The van der Waals surface area contributed by atoms with Crippen LogP contribution in [0.1, 0.15) is 5.69 Å². The van der Waals surface area contributed by atoms with Gasteiger partial charge >= 0.3 is 0 Å². The molecule has 2 aromatic heterocycles. The zero-order valence-electron chi connectivity index (χ0n) is 7.40. The maximum Gasteiger partial charge on any atom is 0.190 e. The van der Waals surface area contributed by atoms with Crippen LogP contribution in [0, 0.1) is 12.7 Å². The topological polar surface area (TPSA) is 35.6 Å². The van der Waals surface area contributed by atoms with Gasteiger partial charge in [-0.2, -0.15) is 10.2 Å². The van der Waals surface area contributed by atoms with Crippen LogP contribution in [-0.2, 0) is 7.05 Å². The molecule has 0 amide bonds. The van der Waals surface area contributed by atoms with E-state index in [-0.39, 0.29) is 5.82 Å². The molecule has 0 aliphatic heterocycles. The Kier molecular flexibility index (Phi) is 1.65. The molecule has 2 rings (SSSR count). The van der Waals surface area contributed by atoms with E-state index in [0.717, 1.165) is 0 Å². The summed E-state index contributed by atoms with van der Waals surface area (Å²) in [5.74, 6) is 0.0358. The first kappa shape index (κ1) is 7.97. The minimum Gasteiger partial charge on any atom is -0.248 e. The third kappa shape index (κ3) is 1.12. The molecule has 0 aliphatic rings. The summed E-state index contributed by atoms with van der Waals surface area (Å²) in [5.41, 5.74) is 0.382. The first-order valence-corrected chi connectivity index (χ1v) is 3.89. The highest BCUT2D eigenvalue weighted by molar-refractivity contribution is 5.26. The molecule has 2 aromatic rings. The molecule has 2 heterocycles. The lowest BCUT2D eigenvalue weighted by Crippen LogP contribution is -2.04. The van der Waals surface area contributed by atoms with E-state index in [1.54, 1.807) is 32.4 Å². The number of hydrogen-bond acceptors (Lipinski definition) is 2. The summed E-state index contributed by atoms with van der Waals surface area (Å²) >= 11 is 0. The van der Waals surface area contributed by atoms with Crippen LogP contribution in [0.4, 0.5) is 4.39 Å².